The van der Waals surface area contributed by atoms with Crippen molar-refractivity contribution >= 4 is 5.91 Å². The summed E-state index contributed by atoms with van der Waals surface area (Å²) in [5.41, 5.74) is 0.319. The summed E-state index contributed by atoms with van der Waals surface area (Å²) in [5, 5.41) is 0. The van der Waals surface area contributed by atoms with Gasteiger partial charge in [-0.15, -0.1) is 0 Å². The molecular formula is C15H18F2N2O3. The van der Waals surface area contributed by atoms with Crippen LogP contribution in [0.3, 0.4) is 0 Å². The van der Waals surface area contributed by atoms with E-state index < -0.39 is 5.92 Å². The van der Waals surface area contributed by atoms with E-state index in [1.807, 2.05) is 0 Å². The van der Waals surface area contributed by atoms with Crippen LogP contribution >= 0.6 is 0 Å². The van der Waals surface area contributed by atoms with E-state index in [0.29, 0.717) is 18.8 Å². The number of halogens is 2. The molecule has 0 bridgehead atoms. The highest BCUT2D eigenvalue weighted by molar-refractivity contribution is 5.96. The molecule has 1 aromatic rings. The molecule has 3 heterocycles. The average Bonchev–Trinajstić information content (AvgIpc) is 3.00. The molecule has 7 heteroatoms. The molecule has 0 aromatic carbocycles. The number of alkyl halides is 2. The highest BCUT2D eigenvalue weighted by Crippen LogP contribution is 2.29. The second kappa shape index (κ2) is 6.16. The van der Waals surface area contributed by atoms with E-state index in [-0.39, 0.29) is 43.8 Å². The summed E-state index contributed by atoms with van der Waals surface area (Å²) < 4.78 is 37.4. The van der Waals surface area contributed by atoms with Crippen LogP contribution in [0.4, 0.5) is 8.78 Å². The van der Waals surface area contributed by atoms with Gasteiger partial charge in [-0.05, 0) is 12.1 Å². The highest BCUT2D eigenvalue weighted by Gasteiger charge is 2.36. The van der Waals surface area contributed by atoms with E-state index >= 15 is 0 Å². The lowest BCUT2D eigenvalue weighted by atomic mass is 10.1. The summed E-state index contributed by atoms with van der Waals surface area (Å²) in [5.74, 6) is -2.73. The largest absolute Gasteiger partial charge is 0.471 e. The van der Waals surface area contributed by atoms with E-state index in [0.717, 1.165) is 6.42 Å². The van der Waals surface area contributed by atoms with Crippen LogP contribution in [0.1, 0.15) is 29.6 Å². The average molecular weight is 312 g/mol. The van der Waals surface area contributed by atoms with Gasteiger partial charge in [0.1, 0.15) is 11.7 Å². The number of rotatable bonds is 3. The van der Waals surface area contributed by atoms with Crippen molar-refractivity contribution in [2.24, 2.45) is 0 Å². The summed E-state index contributed by atoms with van der Waals surface area (Å²) in [4.78, 5) is 18.1. The number of amides is 1. The fourth-order valence-corrected chi connectivity index (χ4v) is 2.62. The third-order valence-corrected chi connectivity index (χ3v) is 3.95. The molecule has 1 unspecified atom stereocenters. The van der Waals surface area contributed by atoms with Crippen molar-refractivity contribution in [2.75, 3.05) is 26.3 Å². The lowest BCUT2D eigenvalue weighted by Gasteiger charge is -2.32. The van der Waals surface area contributed by atoms with Crippen LogP contribution in [-0.4, -0.2) is 54.1 Å². The van der Waals surface area contributed by atoms with Gasteiger partial charge in [-0.1, -0.05) is 0 Å². The maximum atomic E-state index is 13.2. The minimum atomic E-state index is -2.67. The topological polar surface area (TPSA) is 51.7 Å². The van der Waals surface area contributed by atoms with Gasteiger partial charge in [-0.2, -0.15) is 0 Å². The molecule has 2 aliphatic rings. The Hall–Kier alpha value is -1.76. The molecule has 5 nitrogen and oxygen atoms in total. The van der Waals surface area contributed by atoms with Gasteiger partial charge >= 0.3 is 0 Å². The second-order valence-corrected chi connectivity index (χ2v) is 5.61. The van der Waals surface area contributed by atoms with Crippen LogP contribution in [0.2, 0.25) is 0 Å². The predicted molar refractivity (Wildman–Crippen MR) is 74.2 cm³/mol. The Kier molecular flexibility index (Phi) is 4.24. The Morgan fingerprint density at radius 3 is 2.86 bits per heavy atom. The van der Waals surface area contributed by atoms with E-state index in [1.165, 1.54) is 4.90 Å². The van der Waals surface area contributed by atoms with Crippen LogP contribution in [0.5, 0.6) is 5.88 Å². The first-order valence-electron chi connectivity index (χ1n) is 7.42. The number of carbonyl (C=O) groups is 1. The Morgan fingerprint density at radius 2 is 2.18 bits per heavy atom. The molecule has 2 aliphatic heterocycles. The SMILES string of the molecule is O=C(c1cccnc1OC1CCOC1)N1CCC(F)(F)CC1. The maximum absolute atomic E-state index is 13.2. The maximum Gasteiger partial charge on any atom is 0.259 e. The van der Waals surface area contributed by atoms with Crippen LogP contribution < -0.4 is 4.74 Å². The van der Waals surface area contributed by atoms with Crippen molar-refractivity contribution in [3.05, 3.63) is 23.9 Å². The monoisotopic (exact) mass is 312 g/mol. The molecular weight excluding hydrogens is 294 g/mol. The van der Waals surface area contributed by atoms with Gasteiger partial charge in [0.15, 0.2) is 0 Å². The molecule has 1 atom stereocenters. The Balaban J connectivity index is 1.72. The molecule has 0 aliphatic carbocycles. The van der Waals surface area contributed by atoms with Gasteiger partial charge in [-0.25, -0.2) is 13.8 Å². The zero-order chi connectivity index (χ0) is 15.6. The van der Waals surface area contributed by atoms with Gasteiger partial charge in [0.2, 0.25) is 5.88 Å². The van der Waals surface area contributed by atoms with Gasteiger partial charge in [-0.3, -0.25) is 4.79 Å². The predicted octanol–water partition coefficient (Wildman–Crippen LogP) is 2.12. The lowest BCUT2D eigenvalue weighted by Crippen LogP contribution is -2.43. The number of hydrogen-bond acceptors (Lipinski definition) is 4. The number of aromatic nitrogens is 1. The molecule has 0 radical (unpaired) electrons. The first-order valence-corrected chi connectivity index (χ1v) is 7.42. The van der Waals surface area contributed by atoms with Crippen molar-refractivity contribution in [1.29, 1.82) is 0 Å². The molecule has 0 saturated carbocycles. The van der Waals surface area contributed by atoms with Crippen molar-refractivity contribution < 1.29 is 23.0 Å². The zero-order valence-corrected chi connectivity index (χ0v) is 12.1. The van der Waals surface area contributed by atoms with Crippen molar-refractivity contribution in [3.63, 3.8) is 0 Å². The number of carbonyl (C=O) groups excluding carboxylic acids is 1. The van der Waals surface area contributed by atoms with Gasteiger partial charge < -0.3 is 14.4 Å². The Labute approximate surface area is 127 Å². The van der Waals surface area contributed by atoms with Crippen LogP contribution in [0, 0.1) is 0 Å². The van der Waals surface area contributed by atoms with Crippen molar-refractivity contribution in [1.82, 2.24) is 9.88 Å². The minimum Gasteiger partial charge on any atom is -0.471 e. The number of piperidine rings is 1. The fraction of sp³-hybridized carbons (Fsp3) is 0.600. The summed E-state index contributed by atoms with van der Waals surface area (Å²) in [6, 6.07) is 3.26. The normalized spacial score (nSPS) is 24.3. The lowest BCUT2D eigenvalue weighted by molar-refractivity contribution is -0.0494. The van der Waals surface area contributed by atoms with Crippen LogP contribution in [0.25, 0.3) is 0 Å². The third kappa shape index (κ3) is 3.35. The number of hydrogen-bond donors (Lipinski definition) is 0. The molecule has 0 spiro atoms. The first kappa shape index (κ1) is 15.1. The fourth-order valence-electron chi connectivity index (χ4n) is 2.62. The van der Waals surface area contributed by atoms with E-state index in [9.17, 15) is 13.6 Å². The Bertz CT molecular complexity index is 537. The summed E-state index contributed by atoms with van der Waals surface area (Å²) in [6.07, 6.45) is 1.58. The van der Waals surface area contributed by atoms with E-state index in [4.69, 9.17) is 9.47 Å². The summed E-state index contributed by atoms with van der Waals surface area (Å²) >= 11 is 0. The Morgan fingerprint density at radius 1 is 1.41 bits per heavy atom. The van der Waals surface area contributed by atoms with Gasteiger partial charge in [0, 0.05) is 38.5 Å². The van der Waals surface area contributed by atoms with Gasteiger partial charge in [0.25, 0.3) is 11.8 Å². The molecule has 1 amide bonds. The van der Waals surface area contributed by atoms with Crippen molar-refractivity contribution in [2.45, 2.75) is 31.3 Å². The van der Waals surface area contributed by atoms with Crippen LogP contribution in [0.15, 0.2) is 18.3 Å². The molecule has 1 aromatic heterocycles. The smallest absolute Gasteiger partial charge is 0.259 e. The molecule has 22 heavy (non-hydrogen) atoms. The number of nitrogens with zero attached hydrogens (tertiary/aromatic N) is 2. The minimum absolute atomic E-state index is 0.0483. The summed E-state index contributed by atoms with van der Waals surface area (Å²) in [6.45, 7) is 1.20. The molecule has 2 fully saturated rings. The molecule has 120 valence electrons. The molecule has 0 N–H and O–H groups in total. The van der Waals surface area contributed by atoms with E-state index in [2.05, 4.69) is 4.98 Å². The van der Waals surface area contributed by atoms with Gasteiger partial charge in [0.05, 0.1) is 13.2 Å². The molecule has 2 saturated heterocycles. The van der Waals surface area contributed by atoms with Crippen LogP contribution in [-0.2, 0) is 4.74 Å². The molecule has 3 rings (SSSR count). The van der Waals surface area contributed by atoms with Crippen molar-refractivity contribution in [3.8, 4) is 5.88 Å². The zero-order valence-electron chi connectivity index (χ0n) is 12.1. The number of likely N-dealkylation sites (tertiary alicyclic amines) is 1. The highest BCUT2D eigenvalue weighted by atomic mass is 19.3. The number of pyridine rings is 1. The third-order valence-electron chi connectivity index (χ3n) is 3.95. The number of ether oxygens (including phenoxy) is 2. The summed E-state index contributed by atoms with van der Waals surface area (Å²) in [7, 11) is 0. The van der Waals surface area contributed by atoms with E-state index in [1.54, 1.807) is 18.3 Å². The standard InChI is InChI=1S/C15H18F2N2O3/c16-15(17)4-7-19(8-5-15)14(20)12-2-1-6-18-13(12)22-11-3-9-21-10-11/h1-2,6,11H,3-5,7-10H2. The quantitative estimate of drug-likeness (QED) is 0.858. The second-order valence-electron chi connectivity index (χ2n) is 5.61. The first-order chi connectivity index (χ1) is 10.6.